The number of rotatable bonds is 3. The third-order valence-corrected chi connectivity index (χ3v) is 6.90. The molecule has 0 aromatic heterocycles. The Labute approximate surface area is 126 Å². The van der Waals surface area contributed by atoms with Crippen molar-refractivity contribution in [1.29, 1.82) is 0 Å². The first kappa shape index (κ1) is 15.3. The highest BCUT2D eigenvalue weighted by Gasteiger charge is 2.27. The molecule has 1 fully saturated rings. The first-order chi connectivity index (χ1) is 9.05. The molecule has 106 valence electrons. The Hall–Kier alpha value is -0.0800. The van der Waals surface area contributed by atoms with E-state index in [9.17, 15) is 8.42 Å². The molecule has 1 aromatic carbocycles. The molecule has 1 aromatic rings. The minimum Gasteiger partial charge on any atom is -0.392 e. The summed E-state index contributed by atoms with van der Waals surface area (Å²) in [5.41, 5.74) is 0.692. The van der Waals surface area contributed by atoms with Gasteiger partial charge in [-0.15, -0.1) is 0 Å². The maximum Gasteiger partial charge on any atom is 0.244 e. The molecule has 19 heavy (non-hydrogen) atoms. The Bertz CT molecular complexity index is 540. The Balaban J connectivity index is 2.32. The molecule has 1 heterocycles. The van der Waals surface area contributed by atoms with Crippen molar-refractivity contribution in [3.8, 4) is 0 Å². The molecule has 1 saturated heterocycles. The van der Waals surface area contributed by atoms with E-state index in [-0.39, 0.29) is 11.5 Å². The first-order valence-corrected chi connectivity index (χ1v) is 9.41. The molecule has 0 unspecified atom stereocenters. The number of thioether (sulfide) groups is 1. The number of halogens is 1. The number of benzene rings is 1. The van der Waals surface area contributed by atoms with Crippen LogP contribution >= 0.6 is 27.7 Å². The summed E-state index contributed by atoms with van der Waals surface area (Å²) in [6.45, 7) is 1.03. The van der Waals surface area contributed by atoms with Gasteiger partial charge in [0.2, 0.25) is 10.0 Å². The van der Waals surface area contributed by atoms with Gasteiger partial charge in [-0.05, 0) is 45.8 Å². The molecule has 4 nitrogen and oxygen atoms in total. The van der Waals surface area contributed by atoms with Gasteiger partial charge in [-0.1, -0.05) is 6.07 Å². The molecule has 1 aliphatic heterocycles. The van der Waals surface area contributed by atoms with E-state index >= 15 is 0 Å². The fourth-order valence-corrected chi connectivity index (χ4v) is 5.52. The van der Waals surface area contributed by atoms with Gasteiger partial charge in [0.1, 0.15) is 0 Å². The lowest BCUT2D eigenvalue weighted by Crippen LogP contribution is -2.33. The lowest BCUT2D eigenvalue weighted by molar-refractivity contribution is 0.281. The van der Waals surface area contributed by atoms with Crippen LogP contribution in [0.3, 0.4) is 0 Å². The summed E-state index contributed by atoms with van der Waals surface area (Å²) in [7, 11) is -3.45. The zero-order valence-electron chi connectivity index (χ0n) is 10.4. The molecule has 0 spiro atoms. The van der Waals surface area contributed by atoms with Crippen LogP contribution < -0.4 is 0 Å². The summed E-state index contributed by atoms with van der Waals surface area (Å²) < 4.78 is 27.2. The van der Waals surface area contributed by atoms with Gasteiger partial charge in [-0.25, -0.2) is 8.42 Å². The summed E-state index contributed by atoms with van der Waals surface area (Å²) in [6.07, 6.45) is 0.885. The second-order valence-electron chi connectivity index (χ2n) is 4.29. The number of sulfonamides is 1. The lowest BCUT2D eigenvalue weighted by atomic mass is 10.2. The van der Waals surface area contributed by atoms with Crippen molar-refractivity contribution in [2.75, 3.05) is 24.6 Å². The maximum absolute atomic E-state index is 12.6. The zero-order chi connectivity index (χ0) is 13.9. The number of hydrogen-bond donors (Lipinski definition) is 1. The van der Waals surface area contributed by atoms with Crippen molar-refractivity contribution >= 4 is 37.7 Å². The number of aliphatic hydroxyl groups excluding tert-OH is 1. The predicted octanol–water partition coefficient (Wildman–Crippen LogP) is 2.07. The number of hydrogen-bond acceptors (Lipinski definition) is 4. The Morgan fingerprint density at radius 2 is 2.11 bits per heavy atom. The van der Waals surface area contributed by atoms with Gasteiger partial charge in [0.05, 0.1) is 11.5 Å². The number of nitrogens with zero attached hydrogens (tertiary/aromatic N) is 1. The summed E-state index contributed by atoms with van der Waals surface area (Å²) in [5.74, 6) is 1.85. The van der Waals surface area contributed by atoms with Gasteiger partial charge in [0.25, 0.3) is 0 Å². The van der Waals surface area contributed by atoms with Gasteiger partial charge < -0.3 is 5.11 Å². The zero-order valence-corrected chi connectivity index (χ0v) is 13.6. The minimum absolute atomic E-state index is 0.0979. The second kappa shape index (κ2) is 6.58. The van der Waals surface area contributed by atoms with Crippen molar-refractivity contribution < 1.29 is 13.5 Å². The predicted molar refractivity (Wildman–Crippen MR) is 80.8 cm³/mol. The molecule has 1 aliphatic rings. The minimum atomic E-state index is -3.45. The van der Waals surface area contributed by atoms with Gasteiger partial charge >= 0.3 is 0 Å². The smallest absolute Gasteiger partial charge is 0.244 e. The molecule has 2 rings (SSSR count). The van der Waals surface area contributed by atoms with E-state index in [2.05, 4.69) is 15.9 Å². The van der Waals surface area contributed by atoms with E-state index in [4.69, 9.17) is 5.11 Å². The van der Waals surface area contributed by atoms with Crippen LogP contribution in [-0.2, 0) is 16.6 Å². The van der Waals surface area contributed by atoms with Crippen LogP contribution in [-0.4, -0.2) is 42.4 Å². The van der Waals surface area contributed by atoms with Crippen molar-refractivity contribution in [3.05, 3.63) is 28.2 Å². The molecule has 0 amide bonds. The largest absolute Gasteiger partial charge is 0.392 e. The van der Waals surface area contributed by atoms with Gasteiger partial charge in [0, 0.05) is 23.3 Å². The van der Waals surface area contributed by atoms with Gasteiger partial charge in [0.15, 0.2) is 0 Å². The van der Waals surface area contributed by atoms with E-state index < -0.39 is 10.0 Å². The third kappa shape index (κ3) is 3.52. The Morgan fingerprint density at radius 3 is 2.79 bits per heavy atom. The van der Waals surface area contributed by atoms with Crippen LogP contribution in [0.4, 0.5) is 0 Å². The molecule has 0 bridgehead atoms. The highest BCUT2D eigenvalue weighted by molar-refractivity contribution is 9.10. The standard InChI is InChI=1S/C12H16BrNO3S2/c13-11-8-10(9-15)2-3-12(11)19(16,17)14-4-1-6-18-7-5-14/h2-3,8,15H,1,4-7,9H2. The molecular formula is C12H16BrNO3S2. The summed E-state index contributed by atoms with van der Waals surface area (Å²) >= 11 is 5.08. The van der Waals surface area contributed by atoms with Crippen molar-refractivity contribution in [2.45, 2.75) is 17.9 Å². The first-order valence-electron chi connectivity index (χ1n) is 6.03. The van der Waals surface area contributed by atoms with E-state index in [1.54, 1.807) is 34.3 Å². The molecule has 7 heteroatoms. The normalized spacial score (nSPS) is 18.2. The highest BCUT2D eigenvalue weighted by Crippen LogP contribution is 2.27. The highest BCUT2D eigenvalue weighted by atomic mass is 79.9. The van der Waals surface area contributed by atoms with Crippen LogP contribution in [0.2, 0.25) is 0 Å². The van der Waals surface area contributed by atoms with Crippen molar-refractivity contribution in [3.63, 3.8) is 0 Å². The van der Waals surface area contributed by atoms with E-state index in [1.165, 1.54) is 0 Å². The van der Waals surface area contributed by atoms with Crippen LogP contribution in [0.15, 0.2) is 27.6 Å². The van der Waals surface area contributed by atoms with Crippen LogP contribution in [0, 0.1) is 0 Å². The average Bonchev–Trinajstić information content (AvgIpc) is 2.67. The molecule has 0 saturated carbocycles. The van der Waals surface area contributed by atoms with E-state index in [0.29, 0.717) is 23.1 Å². The van der Waals surface area contributed by atoms with E-state index in [0.717, 1.165) is 17.9 Å². The SMILES string of the molecule is O=S(=O)(c1ccc(CO)cc1Br)N1CCCSCC1. The lowest BCUT2D eigenvalue weighted by Gasteiger charge is -2.20. The second-order valence-corrected chi connectivity index (χ2v) is 8.28. The fourth-order valence-electron chi connectivity index (χ4n) is 1.95. The topological polar surface area (TPSA) is 57.6 Å². The van der Waals surface area contributed by atoms with E-state index in [1.807, 2.05) is 0 Å². The Kier molecular flexibility index (Phi) is 5.30. The van der Waals surface area contributed by atoms with Crippen molar-refractivity contribution in [1.82, 2.24) is 4.31 Å². The van der Waals surface area contributed by atoms with Gasteiger partial charge in [-0.3, -0.25) is 0 Å². The summed E-state index contributed by atoms with van der Waals surface area (Å²) in [5, 5.41) is 9.06. The van der Waals surface area contributed by atoms with Crippen LogP contribution in [0.25, 0.3) is 0 Å². The molecule has 0 radical (unpaired) electrons. The number of aliphatic hydroxyl groups is 1. The maximum atomic E-state index is 12.6. The fraction of sp³-hybridized carbons (Fsp3) is 0.500. The summed E-state index contributed by atoms with van der Waals surface area (Å²) in [6, 6.07) is 4.85. The molecule has 0 atom stereocenters. The van der Waals surface area contributed by atoms with Gasteiger partial charge in [-0.2, -0.15) is 16.1 Å². The van der Waals surface area contributed by atoms with Crippen LogP contribution in [0.5, 0.6) is 0 Å². The quantitative estimate of drug-likeness (QED) is 0.890. The Morgan fingerprint density at radius 1 is 1.32 bits per heavy atom. The molecule has 0 aliphatic carbocycles. The van der Waals surface area contributed by atoms with Crippen LogP contribution in [0.1, 0.15) is 12.0 Å². The monoisotopic (exact) mass is 365 g/mol. The third-order valence-electron chi connectivity index (χ3n) is 2.98. The summed E-state index contributed by atoms with van der Waals surface area (Å²) in [4.78, 5) is 0.275. The van der Waals surface area contributed by atoms with Crippen molar-refractivity contribution in [2.24, 2.45) is 0 Å². The molecule has 1 N–H and O–H groups in total. The molecular weight excluding hydrogens is 350 g/mol. The average molecular weight is 366 g/mol.